The van der Waals surface area contributed by atoms with Gasteiger partial charge in [0, 0.05) is 24.4 Å². The Labute approximate surface area is 260 Å². The molecule has 0 unspecified atom stereocenters. The molecule has 2 aromatic heterocycles. The van der Waals surface area contributed by atoms with E-state index in [1.165, 1.54) is 25.5 Å². The van der Waals surface area contributed by atoms with Gasteiger partial charge in [0.05, 0.1) is 24.0 Å². The van der Waals surface area contributed by atoms with Crippen LogP contribution in [0, 0.1) is 0 Å². The van der Waals surface area contributed by atoms with Gasteiger partial charge in [-0.05, 0) is 34.2 Å². The van der Waals surface area contributed by atoms with E-state index in [9.17, 15) is 9.59 Å². The zero-order valence-electron chi connectivity index (χ0n) is 24.5. The van der Waals surface area contributed by atoms with Crippen molar-refractivity contribution in [3.63, 3.8) is 0 Å². The van der Waals surface area contributed by atoms with Crippen LogP contribution in [-0.2, 0) is 21.6 Å². The van der Waals surface area contributed by atoms with Crippen LogP contribution in [0.4, 0.5) is 0 Å². The molecular weight excluding hydrogens is 568 g/mol. The van der Waals surface area contributed by atoms with Gasteiger partial charge in [-0.1, -0.05) is 109 Å². The topological polar surface area (TPSA) is 76.5 Å². The molecule has 0 fully saturated rings. The number of nitrogens with one attached hydrogen (secondary N) is 1. The van der Waals surface area contributed by atoms with Gasteiger partial charge < -0.3 is 9.88 Å². The van der Waals surface area contributed by atoms with Crippen LogP contribution in [0.15, 0.2) is 134 Å². The van der Waals surface area contributed by atoms with E-state index in [0.29, 0.717) is 10.6 Å². The minimum Gasteiger partial charge on any atom is -0.339 e. The molecule has 8 heteroatoms. The van der Waals surface area contributed by atoms with Crippen molar-refractivity contribution >= 4 is 33.2 Å². The maximum atomic E-state index is 13.4. The van der Waals surface area contributed by atoms with Crippen molar-refractivity contribution in [2.75, 3.05) is 14.2 Å². The summed E-state index contributed by atoms with van der Waals surface area (Å²) >= 11 is 1.39. The fourth-order valence-corrected chi connectivity index (χ4v) is 6.65. The Kier molecular flexibility index (Phi) is 8.36. The number of fused-ring (bicyclic) bond motifs is 1. The summed E-state index contributed by atoms with van der Waals surface area (Å²) in [6.45, 7) is 0. The lowest BCUT2D eigenvalue weighted by molar-refractivity contribution is -0.170. The molecule has 0 spiro atoms. The first-order valence-corrected chi connectivity index (χ1v) is 15.1. The van der Waals surface area contributed by atoms with E-state index in [1.807, 2.05) is 91.1 Å². The third kappa shape index (κ3) is 5.53. The number of amides is 2. The largest absolute Gasteiger partial charge is 0.339 e. The quantitative estimate of drug-likeness (QED) is 0.148. The Hall–Kier alpha value is -5.05. The van der Waals surface area contributed by atoms with Crippen molar-refractivity contribution in [1.82, 2.24) is 19.9 Å². The molecule has 6 rings (SSSR count). The van der Waals surface area contributed by atoms with Crippen molar-refractivity contribution in [3.8, 4) is 0 Å². The highest BCUT2D eigenvalue weighted by Crippen LogP contribution is 2.40. The number of aromatic nitrogens is 2. The van der Waals surface area contributed by atoms with Crippen LogP contribution in [0.3, 0.4) is 0 Å². The summed E-state index contributed by atoms with van der Waals surface area (Å²) in [6, 6.07) is 39.7. The van der Waals surface area contributed by atoms with Gasteiger partial charge in [-0.3, -0.25) is 14.4 Å². The average Bonchev–Trinajstić information content (AvgIpc) is 3.73. The van der Waals surface area contributed by atoms with Crippen LogP contribution in [0.5, 0.6) is 0 Å². The molecule has 1 N–H and O–H groups in total. The Morgan fingerprint density at radius 3 is 1.95 bits per heavy atom. The third-order valence-electron chi connectivity index (χ3n) is 7.85. The van der Waals surface area contributed by atoms with Crippen molar-refractivity contribution < 1.29 is 14.4 Å². The van der Waals surface area contributed by atoms with Crippen LogP contribution in [-0.4, -0.2) is 46.6 Å². The molecular formula is C36H32N4O3S. The number of imidazole rings is 1. The molecule has 7 nitrogen and oxygen atoms in total. The van der Waals surface area contributed by atoms with Gasteiger partial charge in [-0.2, -0.15) is 0 Å². The number of benzene rings is 4. The molecule has 0 aliphatic heterocycles. The maximum absolute atomic E-state index is 13.4. The molecule has 6 aromatic rings. The minimum atomic E-state index is -0.902. The molecule has 0 aliphatic carbocycles. The third-order valence-corrected chi connectivity index (χ3v) is 8.96. The summed E-state index contributed by atoms with van der Waals surface area (Å²) in [5.74, 6) is -0.697. The van der Waals surface area contributed by atoms with E-state index in [1.54, 1.807) is 6.33 Å². The van der Waals surface area contributed by atoms with Crippen molar-refractivity contribution in [2.45, 2.75) is 18.0 Å². The van der Waals surface area contributed by atoms with Crippen molar-refractivity contribution in [2.24, 2.45) is 0 Å². The molecule has 0 saturated carbocycles. The van der Waals surface area contributed by atoms with Crippen molar-refractivity contribution in [1.29, 1.82) is 0 Å². The van der Waals surface area contributed by atoms with E-state index >= 15 is 0 Å². The lowest BCUT2D eigenvalue weighted by atomic mass is 9.77. The molecule has 4 aromatic carbocycles. The van der Waals surface area contributed by atoms with E-state index in [4.69, 9.17) is 9.82 Å². The summed E-state index contributed by atoms with van der Waals surface area (Å²) < 4.78 is 3.10. The number of hydroxylamine groups is 2. The standard InChI is InChI=1S/C36H32N4O3S/c1-39(43-2)35(42)31(38-34(41)33-22-26-14-12-13-21-32(26)44-33)23-30-24-40(25-37-30)36(27-15-6-3-7-16-27,28-17-8-4-9-18-28)29-19-10-5-11-20-29/h3-22,24-25,31H,23H2,1-2H3,(H,38,41)/t31-/m0/s1. The van der Waals surface area contributed by atoms with Crippen LogP contribution in [0.2, 0.25) is 0 Å². The summed E-state index contributed by atoms with van der Waals surface area (Å²) in [5, 5.41) is 5.07. The van der Waals surface area contributed by atoms with Crippen LogP contribution in [0.25, 0.3) is 10.1 Å². The highest BCUT2D eigenvalue weighted by Gasteiger charge is 2.38. The molecule has 220 valence electrons. The Bertz CT molecular complexity index is 1740. The molecule has 2 amide bonds. The normalized spacial score (nSPS) is 12.1. The van der Waals surface area contributed by atoms with Gasteiger partial charge in [0.25, 0.3) is 11.8 Å². The molecule has 1 atom stereocenters. The van der Waals surface area contributed by atoms with Gasteiger partial charge in [-0.25, -0.2) is 10.0 Å². The lowest BCUT2D eigenvalue weighted by Crippen LogP contribution is -2.48. The number of carbonyl (C=O) groups is 2. The van der Waals surface area contributed by atoms with Crippen LogP contribution >= 0.6 is 11.3 Å². The van der Waals surface area contributed by atoms with E-state index in [2.05, 4.69) is 46.3 Å². The first-order chi connectivity index (χ1) is 21.5. The fourth-order valence-electron chi connectivity index (χ4n) is 5.68. The monoisotopic (exact) mass is 600 g/mol. The molecule has 2 heterocycles. The second-order valence-electron chi connectivity index (χ2n) is 10.5. The maximum Gasteiger partial charge on any atom is 0.268 e. The summed E-state index contributed by atoms with van der Waals surface area (Å²) in [7, 11) is 2.95. The number of thiophene rings is 1. The molecule has 0 radical (unpaired) electrons. The first kappa shape index (κ1) is 29.0. The van der Waals surface area contributed by atoms with E-state index < -0.39 is 11.6 Å². The SMILES string of the molecule is CON(C)C(=O)[C@H](Cc1cn(C(c2ccccc2)(c2ccccc2)c2ccccc2)cn1)NC(=O)c1cc2ccccc2s1. The number of hydrogen-bond acceptors (Lipinski definition) is 5. The van der Waals surface area contributed by atoms with Gasteiger partial charge in [0.1, 0.15) is 11.6 Å². The van der Waals surface area contributed by atoms with Crippen LogP contribution < -0.4 is 5.32 Å². The molecule has 0 bridgehead atoms. The van der Waals surface area contributed by atoms with Gasteiger partial charge in [0.2, 0.25) is 0 Å². The van der Waals surface area contributed by atoms with Gasteiger partial charge >= 0.3 is 0 Å². The summed E-state index contributed by atoms with van der Waals surface area (Å²) in [5.41, 5.74) is 3.10. The van der Waals surface area contributed by atoms with E-state index in [-0.39, 0.29) is 18.2 Å². The smallest absolute Gasteiger partial charge is 0.268 e. The van der Waals surface area contributed by atoms with Crippen LogP contribution in [0.1, 0.15) is 32.1 Å². The number of nitrogens with zero attached hydrogens (tertiary/aromatic N) is 3. The highest BCUT2D eigenvalue weighted by atomic mass is 32.1. The Morgan fingerprint density at radius 2 is 1.41 bits per heavy atom. The summed E-state index contributed by atoms with van der Waals surface area (Å²) in [6.07, 6.45) is 3.94. The zero-order valence-corrected chi connectivity index (χ0v) is 25.3. The predicted molar refractivity (Wildman–Crippen MR) is 173 cm³/mol. The number of carbonyl (C=O) groups excluding carboxylic acids is 2. The predicted octanol–water partition coefficient (Wildman–Crippen LogP) is 6.30. The average molecular weight is 601 g/mol. The number of likely N-dealkylation sites (N-methyl/N-ethyl adjacent to an activating group) is 1. The molecule has 0 saturated heterocycles. The number of hydrogen-bond donors (Lipinski definition) is 1. The zero-order chi connectivity index (χ0) is 30.5. The molecule has 44 heavy (non-hydrogen) atoms. The van der Waals surface area contributed by atoms with Gasteiger partial charge in [-0.15, -0.1) is 11.3 Å². The second kappa shape index (κ2) is 12.7. The minimum absolute atomic E-state index is 0.171. The van der Waals surface area contributed by atoms with Gasteiger partial charge in [0.15, 0.2) is 0 Å². The summed E-state index contributed by atoms with van der Waals surface area (Å²) in [4.78, 5) is 37.4. The number of rotatable bonds is 10. The van der Waals surface area contributed by atoms with E-state index in [0.717, 1.165) is 31.8 Å². The highest BCUT2D eigenvalue weighted by molar-refractivity contribution is 7.20. The first-order valence-electron chi connectivity index (χ1n) is 14.3. The molecule has 0 aliphatic rings. The van der Waals surface area contributed by atoms with Crippen molar-refractivity contribution in [3.05, 3.63) is 161 Å². The Morgan fingerprint density at radius 1 is 0.864 bits per heavy atom. The fraction of sp³-hybridized carbons (Fsp3) is 0.139. The lowest BCUT2D eigenvalue weighted by Gasteiger charge is -2.37. The Balaban J connectivity index is 1.40. The second-order valence-corrected chi connectivity index (χ2v) is 11.6.